The molecule has 0 bridgehead atoms. The van der Waals surface area contributed by atoms with Crippen LogP contribution >= 0.6 is 0 Å². The lowest BCUT2D eigenvalue weighted by Crippen LogP contribution is -2.46. The predicted molar refractivity (Wildman–Crippen MR) is 81.5 cm³/mol. The van der Waals surface area contributed by atoms with Crippen molar-refractivity contribution in [3.05, 3.63) is 0 Å². The van der Waals surface area contributed by atoms with Crippen LogP contribution in [0, 0.1) is 5.92 Å². The minimum atomic E-state index is 0.165. The average Bonchev–Trinajstić information content (AvgIpc) is 2.91. The van der Waals surface area contributed by atoms with E-state index in [4.69, 9.17) is 5.73 Å². The summed E-state index contributed by atoms with van der Waals surface area (Å²) in [6.45, 7) is 9.98. The highest BCUT2D eigenvalue weighted by Crippen LogP contribution is 2.23. The molecule has 0 aromatic rings. The molecule has 0 aromatic carbocycles. The number of nitrogens with two attached hydrogens (primary N) is 1. The van der Waals surface area contributed by atoms with E-state index in [1.54, 1.807) is 0 Å². The van der Waals surface area contributed by atoms with Gasteiger partial charge < -0.3 is 20.9 Å². The zero-order chi connectivity index (χ0) is 14.4. The molecular formula is C15H30N4O. The molecule has 5 nitrogen and oxygen atoms in total. The maximum Gasteiger partial charge on any atom is 0.223 e. The summed E-state index contributed by atoms with van der Waals surface area (Å²) >= 11 is 0. The minimum Gasteiger partial charge on any atom is -0.356 e. The molecule has 1 amide bonds. The fraction of sp³-hybridized carbons (Fsp3) is 0.933. The molecule has 0 aromatic heterocycles. The van der Waals surface area contributed by atoms with Gasteiger partial charge in [-0.05, 0) is 38.8 Å². The second kappa shape index (κ2) is 7.96. The number of carbonyl (C=O) groups excluding carboxylic acids is 1. The van der Waals surface area contributed by atoms with Crippen LogP contribution in [0.3, 0.4) is 0 Å². The summed E-state index contributed by atoms with van der Waals surface area (Å²) in [6.07, 6.45) is 3.88. The maximum absolute atomic E-state index is 11.9. The van der Waals surface area contributed by atoms with E-state index in [1.165, 1.54) is 26.2 Å². The van der Waals surface area contributed by atoms with Gasteiger partial charge in [0.25, 0.3) is 0 Å². The lowest BCUT2D eigenvalue weighted by Gasteiger charge is -2.34. The Morgan fingerprint density at radius 2 is 1.90 bits per heavy atom. The molecule has 0 radical (unpaired) electrons. The Hall–Kier alpha value is -0.650. The number of amides is 1. The summed E-state index contributed by atoms with van der Waals surface area (Å²) in [4.78, 5) is 16.9. The molecule has 5 heteroatoms. The van der Waals surface area contributed by atoms with E-state index < -0.39 is 0 Å². The van der Waals surface area contributed by atoms with Gasteiger partial charge in [-0.3, -0.25) is 4.79 Å². The van der Waals surface area contributed by atoms with Crippen LogP contribution in [0.25, 0.3) is 0 Å². The highest BCUT2D eigenvalue weighted by Gasteiger charge is 2.27. The van der Waals surface area contributed by atoms with Crippen LogP contribution in [0.5, 0.6) is 0 Å². The van der Waals surface area contributed by atoms with Gasteiger partial charge in [0.1, 0.15) is 0 Å². The molecule has 2 atom stereocenters. The third kappa shape index (κ3) is 4.72. The van der Waals surface area contributed by atoms with Gasteiger partial charge in [0.05, 0.1) is 0 Å². The number of nitrogens with zero attached hydrogens (tertiary/aromatic N) is 2. The first-order valence-electron chi connectivity index (χ1n) is 8.17. The smallest absolute Gasteiger partial charge is 0.223 e. The Labute approximate surface area is 122 Å². The Kier molecular flexibility index (Phi) is 6.26. The zero-order valence-corrected chi connectivity index (χ0v) is 12.8. The van der Waals surface area contributed by atoms with Crippen molar-refractivity contribution in [2.45, 2.75) is 38.6 Å². The summed E-state index contributed by atoms with van der Waals surface area (Å²) in [7, 11) is 0. The van der Waals surface area contributed by atoms with Crippen LogP contribution in [0.4, 0.5) is 0 Å². The molecule has 1 aliphatic heterocycles. The monoisotopic (exact) mass is 282 g/mol. The number of hydrogen-bond acceptors (Lipinski definition) is 4. The van der Waals surface area contributed by atoms with Crippen LogP contribution in [0.1, 0.15) is 32.6 Å². The van der Waals surface area contributed by atoms with Gasteiger partial charge in [-0.1, -0.05) is 6.92 Å². The first kappa shape index (κ1) is 15.7. The summed E-state index contributed by atoms with van der Waals surface area (Å²) in [5.41, 5.74) is 5.85. The third-order valence-corrected chi connectivity index (χ3v) is 4.71. The van der Waals surface area contributed by atoms with Gasteiger partial charge in [-0.2, -0.15) is 0 Å². The summed E-state index contributed by atoms with van der Waals surface area (Å²) in [5, 5.41) is 3.07. The summed E-state index contributed by atoms with van der Waals surface area (Å²) in [5.74, 6) is 0.381. The normalized spacial score (nSPS) is 28.7. The second-order valence-corrected chi connectivity index (χ2v) is 6.19. The Morgan fingerprint density at radius 3 is 2.50 bits per heavy atom. The van der Waals surface area contributed by atoms with E-state index in [0.29, 0.717) is 0 Å². The van der Waals surface area contributed by atoms with Gasteiger partial charge in [0.15, 0.2) is 0 Å². The first-order valence-corrected chi connectivity index (χ1v) is 8.17. The highest BCUT2D eigenvalue weighted by atomic mass is 16.1. The molecule has 116 valence electrons. The average molecular weight is 282 g/mol. The van der Waals surface area contributed by atoms with Crippen molar-refractivity contribution in [2.75, 3.05) is 45.8 Å². The molecule has 2 unspecified atom stereocenters. The van der Waals surface area contributed by atoms with Crippen molar-refractivity contribution >= 4 is 5.91 Å². The number of nitrogens with one attached hydrogen (secondary N) is 1. The fourth-order valence-corrected chi connectivity index (χ4v) is 3.24. The molecular weight excluding hydrogens is 252 g/mol. The maximum atomic E-state index is 11.9. The van der Waals surface area contributed by atoms with E-state index in [9.17, 15) is 4.79 Å². The molecule has 0 spiro atoms. The van der Waals surface area contributed by atoms with Crippen molar-refractivity contribution < 1.29 is 4.79 Å². The van der Waals surface area contributed by atoms with Crippen molar-refractivity contribution in [2.24, 2.45) is 11.7 Å². The minimum absolute atomic E-state index is 0.165. The van der Waals surface area contributed by atoms with Crippen molar-refractivity contribution in [3.63, 3.8) is 0 Å². The Morgan fingerprint density at radius 1 is 1.20 bits per heavy atom. The molecule has 2 aliphatic rings. The van der Waals surface area contributed by atoms with E-state index in [1.807, 2.05) is 0 Å². The highest BCUT2D eigenvalue weighted by molar-refractivity contribution is 5.78. The number of rotatable bonds is 6. The molecule has 1 saturated heterocycles. The summed E-state index contributed by atoms with van der Waals surface area (Å²) in [6, 6.07) is 0.237. The quantitative estimate of drug-likeness (QED) is 0.686. The van der Waals surface area contributed by atoms with Crippen molar-refractivity contribution in [1.82, 2.24) is 15.1 Å². The fourth-order valence-electron chi connectivity index (χ4n) is 3.24. The number of carbonyl (C=O) groups is 1. The second-order valence-electron chi connectivity index (χ2n) is 6.19. The summed E-state index contributed by atoms with van der Waals surface area (Å²) < 4.78 is 0. The topological polar surface area (TPSA) is 61.6 Å². The van der Waals surface area contributed by atoms with Crippen LogP contribution in [-0.2, 0) is 4.79 Å². The molecule has 2 fully saturated rings. The van der Waals surface area contributed by atoms with Crippen LogP contribution < -0.4 is 11.1 Å². The molecule has 3 N–H and O–H groups in total. The van der Waals surface area contributed by atoms with Gasteiger partial charge in [0, 0.05) is 44.7 Å². The number of piperazine rings is 1. The molecule has 1 saturated carbocycles. The van der Waals surface area contributed by atoms with Gasteiger partial charge in [-0.15, -0.1) is 0 Å². The number of likely N-dealkylation sites (N-methyl/N-ethyl adjacent to an activating group) is 1. The Bertz CT molecular complexity index is 302. The predicted octanol–water partition coefficient (Wildman–Crippen LogP) is 0.258. The largest absolute Gasteiger partial charge is 0.356 e. The lowest BCUT2D eigenvalue weighted by atomic mass is 10.1. The van der Waals surface area contributed by atoms with Crippen LogP contribution in [0.15, 0.2) is 0 Å². The van der Waals surface area contributed by atoms with Crippen molar-refractivity contribution in [3.8, 4) is 0 Å². The zero-order valence-electron chi connectivity index (χ0n) is 12.8. The number of hydrogen-bond donors (Lipinski definition) is 2. The molecule has 1 heterocycles. The SMILES string of the molecule is CCN1CCN(CCCNC(=O)C2CCC(N)C2)CC1. The van der Waals surface area contributed by atoms with Crippen molar-refractivity contribution in [1.29, 1.82) is 0 Å². The van der Waals surface area contributed by atoms with E-state index >= 15 is 0 Å². The Balaban J connectivity index is 1.52. The van der Waals surface area contributed by atoms with E-state index in [0.717, 1.165) is 45.3 Å². The van der Waals surface area contributed by atoms with Gasteiger partial charge >= 0.3 is 0 Å². The third-order valence-electron chi connectivity index (χ3n) is 4.71. The van der Waals surface area contributed by atoms with Gasteiger partial charge in [0.2, 0.25) is 5.91 Å². The first-order chi connectivity index (χ1) is 9.69. The standard InChI is InChI=1S/C15H30N4O/c1-2-18-8-10-19(11-9-18)7-3-6-17-15(20)13-4-5-14(16)12-13/h13-14H,2-12,16H2,1H3,(H,17,20). The van der Waals surface area contributed by atoms with Crippen LogP contribution in [-0.4, -0.2) is 67.6 Å². The van der Waals surface area contributed by atoms with Gasteiger partial charge in [-0.25, -0.2) is 0 Å². The van der Waals surface area contributed by atoms with Crippen LogP contribution in [0.2, 0.25) is 0 Å². The lowest BCUT2D eigenvalue weighted by molar-refractivity contribution is -0.124. The van der Waals surface area contributed by atoms with E-state index in [-0.39, 0.29) is 17.9 Å². The van der Waals surface area contributed by atoms with E-state index in [2.05, 4.69) is 22.0 Å². The molecule has 2 rings (SSSR count). The molecule has 1 aliphatic carbocycles. The molecule has 20 heavy (non-hydrogen) atoms.